The first-order chi connectivity index (χ1) is 33.9. The Morgan fingerprint density at radius 3 is 1.40 bits per heavy atom. The van der Waals surface area contributed by atoms with Gasteiger partial charge in [0.15, 0.2) is 0 Å². The third-order valence-electron chi connectivity index (χ3n) is 15.3. The van der Waals surface area contributed by atoms with Gasteiger partial charge in [0.2, 0.25) is 35.4 Å². The van der Waals surface area contributed by atoms with E-state index < -0.39 is 36.3 Å². The molecule has 20 nitrogen and oxygen atoms in total. The number of nitrogens with zero attached hydrogens (tertiary/aromatic N) is 4. The Balaban J connectivity index is 0.976. The summed E-state index contributed by atoms with van der Waals surface area (Å²) in [4.78, 5) is 88.4. The summed E-state index contributed by atoms with van der Waals surface area (Å²) in [5.74, 6) is -1.86. The lowest BCUT2D eigenvalue weighted by Gasteiger charge is -2.34. The van der Waals surface area contributed by atoms with Crippen molar-refractivity contribution >= 4 is 35.4 Å². The molecular weight excluding hydrogens is 893 g/mol. The molecule has 6 amide bonds. The molecule has 0 radical (unpaired) electrons. The first-order valence-corrected chi connectivity index (χ1v) is 25.3. The van der Waals surface area contributed by atoms with Gasteiger partial charge in [0, 0.05) is 25.9 Å². The summed E-state index contributed by atoms with van der Waals surface area (Å²) in [6.07, 6.45) is 7.85. The molecule has 0 unspecified atom stereocenters. The fourth-order valence-corrected chi connectivity index (χ4v) is 11.2. The van der Waals surface area contributed by atoms with Crippen LogP contribution in [0.15, 0.2) is 71.3 Å². The summed E-state index contributed by atoms with van der Waals surface area (Å²) in [6.45, 7) is 5.22. The number of piperazine rings is 1. The van der Waals surface area contributed by atoms with Crippen molar-refractivity contribution < 1.29 is 28.8 Å². The number of likely N-dealkylation sites (N-methyl/N-ethyl adjacent to an activating group) is 2. The van der Waals surface area contributed by atoms with Gasteiger partial charge in [-0.15, -0.1) is 11.1 Å². The van der Waals surface area contributed by atoms with E-state index in [0.717, 1.165) is 49.7 Å². The second-order valence-electron chi connectivity index (χ2n) is 19.7. The summed E-state index contributed by atoms with van der Waals surface area (Å²) in [5, 5.41) is 22.3. The Bertz CT molecular complexity index is 2250. The monoisotopic (exact) mass is 963 g/mol. The molecule has 9 rings (SSSR count). The first-order valence-electron chi connectivity index (χ1n) is 25.3. The molecule has 7 aliphatic rings. The van der Waals surface area contributed by atoms with Crippen molar-refractivity contribution in [2.24, 2.45) is 0 Å². The maximum atomic E-state index is 14.9. The summed E-state index contributed by atoms with van der Waals surface area (Å²) < 4.78 is 0. The smallest absolute Gasteiger partial charge is 0.246 e. The molecule has 5 heterocycles. The standard InChI is InChI=1S/C50H70N14O6/c1-29(51-3)45(65)55-39(49(69)61-23-11-21-41(61)47(67)53-35-19-9-15-31-13-5-7-17-33(31)35)27-37-43-44-38(58-60-64(44)26-25-63(43)59-57-37)28-40(56-46(66)30(2)52-4)50(70)62-24-12-22-42(62)48(68)54-36-20-10-16-32-14-6-8-18-34(32)36/h5-8,13-14,17-18,29-30,35-36,39-42,51-52,57-60H,9-12,15-16,19-28H2,1-4H3,(H,53,67)(H,54,68)(H,55,65)(H,56,66)/t29-,30-,35-,36+,39-,40-,41+,42-/m0/s1. The van der Waals surface area contributed by atoms with Crippen LogP contribution < -0.4 is 53.8 Å². The Hall–Kier alpha value is -6.22. The van der Waals surface area contributed by atoms with E-state index in [1.807, 2.05) is 34.3 Å². The third-order valence-corrected chi connectivity index (χ3v) is 15.3. The van der Waals surface area contributed by atoms with E-state index in [2.05, 4.69) is 78.1 Å². The molecule has 0 saturated carbocycles. The highest BCUT2D eigenvalue weighted by atomic mass is 16.2. The van der Waals surface area contributed by atoms with Crippen molar-refractivity contribution in [3.05, 3.63) is 93.6 Å². The van der Waals surface area contributed by atoms with Crippen molar-refractivity contribution in [2.75, 3.05) is 40.3 Å². The van der Waals surface area contributed by atoms with Crippen molar-refractivity contribution in [2.45, 2.75) is 139 Å². The molecule has 0 bridgehead atoms. The highest BCUT2D eigenvalue weighted by Crippen LogP contribution is 2.36. The number of fused-ring (bicyclic) bond motifs is 5. The fourth-order valence-electron chi connectivity index (χ4n) is 11.2. The predicted molar refractivity (Wildman–Crippen MR) is 260 cm³/mol. The summed E-state index contributed by atoms with van der Waals surface area (Å²) in [7, 11) is 3.35. The van der Waals surface area contributed by atoms with E-state index >= 15 is 0 Å². The van der Waals surface area contributed by atoms with Gasteiger partial charge in [0.25, 0.3) is 0 Å². The number of carbonyl (C=O) groups excluding carboxylic acids is 6. The van der Waals surface area contributed by atoms with Crippen molar-refractivity contribution in [3.63, 3.8) is 0 Å². The third kappa shape index (κ3) is 10.0. The van der Waals surface area contributed by atoms with E-state index in [0.29, 0.717) is 74.7 Å². The van der Waals surface area contributed by atoms with Gasteiger partial charge >= 0.3 is 0 Å². The number of nitrogens with one attached hydrogen (secondary N) is 10. The zero-order chi connectivity index (χ0) is 49.1. The number of hydrazine groups is 4. The maximum Gasteiger partial charge on any atom is 0.246 e. The van der Waals surface area contributed by atoms with Gasteiger partial charge < -0.3 is 52.6 Å². The topological polar surface area (TPSA) is 236 Å². The van der Waals surface area contributed by atoms with Gasteiger partial charge in [-0.25, -0.2) is 0 Å². The molecule has 2 aromatic rings. The first kappa shape index (κ1) is 48.8. The van der Waals surface area contributed by atoms with Gasteiger partial charge in [-0.2, -0.15) is 0 Å². The fraction of sp³-hybridized carbons (Fsp3) is 0.560. The largest absolute Gasteiger partial charge is 0.347 e. The molecule has 0 spiro atoms. The average Bonchev–Trinajstić information content (AvgIpc) is 4.22. The van der Waals surface area contributed by atoms with Gasteiger partial charge in [-0.05, 0) is 114 Å². The van der Waals surface area contributed by atoms with Crippen LogP contribution in [0, 0.1) is 0 Å². The quantitative estimate of drug-likeness (QED) is 0.110. The number of rotatable bonds is 16. The molecular formula is C50H70N14O6. The van der Waals surface area contributed by atoms with Crippen molar-refractivity contribution in [1.82, 2.24) is 73.6 Å². The Morgan fingerprint density at radius 2 is 0.986 bits per heavy atom. The zero-order valence-electron chi connectivity index (χ0n) is 40.8. The Labute approximate surface area is 409 Å². The molecule has 3 fully saturated rings. The highest BCUT2D eigenvalue weighted by molar-refractivity contribution is 5.95. The molecule has 20 heteroatoms. The summed E-state index contributed by atoms with van der Waals surface area (Å²) in [5.41, 5.74) is 20.3. The van der Waals surface area contributed by atoms with Crippen LogP contribution in [0.5, 0.6) is 0 Å². The van der Waals surface area contributed by atoms with Crippen LogP contribution in [-0.4, -0.2) is 132 Å². The molecule has 2 aromatic carbocycles. The zero-order valence-corrected chi connectivity index (χ0v) is 40.8. The lowest BCUT2D eigenvalue weighted by Crippen LogP contribution is -2.56. The molecule has 70 heavy (non-hydrogen) atoms. The van der Waals surface area contributed by atoms with Gasteiger partial charge in [0.1, 0.15) is 35.6 Å². The van der Waals surface area contributed by atoms with Gasteiger partial charge in [-0.1, -0.05) is 48.5 Å². The van der Waals surface area contributed by atoms with Crippen molar-refractivity contribution in [1.29, 1.82) is 0 Å². The van der Waals surface area contributed by atoms with E-state index in [-0.39, 0.29) is 60.4 Å². The number of hydrogen-bond acceptors (Lipinski definition) is 14. The van der Waals surface area contributed by atoms with Crippen LogP contribution in [-0.2, 0) is 41.6 Å². The second-order valence-corrected chi connectivity index (χ2v) is 19.7. The normalized spacial score (nSPS) is 24.3. The van der Waals surface area contributed by atoms with Gasteiger partial charge in [0.05, 0.1) is 48.7 Å². The Kier molecular flexibility index (Phi) is 14.9. The van der Waals surface area contributed by atoms with E-state index in [4.69, 9.17) is 0 Å². The van der Waals surface area contributed by atoms with Gasteiger partial charge in [-0.3, -0.25) is 38.8 Å². The lowest BCUT2D eigenvalue weighted by molar-refractivity contribution is -0.141. The molecule has 0 aromatic heterocycles. The second kappa shape index (κ2) is 21.4. The van der Waals surface area contributed by atoms with Crippen molar-refractivity contribution in [3.8, 4) is 0 Å². The summed E-state index contributed by atoms with van der Waals surface area (Å²) >= 11 is 0. The molecule has 2 aliphatic carbocycles. The molecule has 376 valence electrons. The predicted octanol–water partition coefficient (Wildman–Crippen LogP) is 0.408. The van der Waals surface area contributed by atoms with E-state index in [9.17, 15) is 28.8 Å². The number of hydrogen-bond donors (Lipinski definition) is 10. The minimum Gasteiger partial charge on any atom is -0.347 e. The average molecular weight is 963 g/mol. The maximum absolute atomic E-state index is 14.9. The number of aryl methyl sites for hydroxylation is 2. The number of amides is 6. The minimum atomic E-state index is -1.05. The van der Waals surface area contributed by atoms with Crippen LogP contribution in [0.1, 0.15) is 112 Å². The van der Waals surface area contributed by atoms with Crippen LogP contribution in [0.3, 0.4) is 0 Å². The number of carbonyl (C=O) groups is 6. The number of benzene rings is 2. The van der Waals surface area contributed by atoms with E-state index in [1.165, 1.54) is 11.1 Å². The van der Waals surface area contributed by atoms with Crippen LogP contribution in [0.25, 0.3) is 0 Å². The summed E-state index contributed by atoms with van der Waals surface area (Å²) in [6, 6.07) is 11.4. The van der Waals surface area contributed by atoms with Crippen LogP contribution in [0.4, 0.5) is 0 Å². The lowest BCUT2D eigenvalue weighted by atomic mass is 9.87. The molecule has 3 saturated heterocycles. The molecule has 8 atom stereocenters. The van der Waals surface area contributed by atoms with Crippen LogP contribution in [0.2, 0.25) is 0 Å². The highest BCUT2D eigenvalue weighted by Gasteiger charge is 2.45. The minimum absolute atomic E-state index is 0.0418. The SMILES string of the molecule is CN[C@@H](C)C(=O)N[C@@H](CC1=C2C3=C(C[C@H](NC(=O)[C@H](C)NC)C(=O)N4CCC[C@H]4C(=O)N[C@@H]4CCCc5ccccc54)NNN3CCN2NN1)C(=O)N1CCC[C@@H]1C(=O)N[C@H]1CCCc2ccccc21. The van der Waals surface area contributed by atoms with E-state index in [1.54, 1.807) is 37.7 Å². The molecule has 10 N–H and O–H groups in total. The Morgan fingerprint density at radius 1 is 0.571 bits per heavy atom. The number of likely N-dealkylation sites (tertiary alicyclic amines) is 2. The van der Waals surface area contributed by atoms with Crippen LogP contribution >= 0.6 is 0 Å². The molecule has 5 aliphatic heterocycles.